The van der Waals surface area contributed by atoms with Gasteiger partial charge >= 0.3 is 5.63 Å². The van der Waals surface area contributed by atoms with Gasteiger partial charge < -0.3 is 9.73 Å². The molecule has 1 N–H and O–H groups in total. The lowest BCUT2D eigenvalue weighted by atomic mass is 10.2. The van der Waals surface area contributed by atoms with E-state index in [4.69, 9.17) is 4.42 Å². The highest BCUT2D eigenvalue weighted by Gasteiger charge is 2.13. The SMILES string of the molecule is O=C(Nc1ccc(I)cc1)c1cc2ccccc2oc1=O. The van der Waals surface area contributed by atoms with Gasteiger partial charge in [-0.2, -0.15) is 0 Å². The van der Waals surface area contributed by atoms with Gasteiger partial charge in [-0.05, 0) is 59.0 Å². The van der Waals surface area contributed by atoms with Crippen LogP contribution < -0.4 is 10.9 Å². The molecule has 5 heteroatoms. The smallest absolute Gasteiger partial charge is 0.349 e. The molecule has 1 heterocycles. The number of nitrogens with one attached hydrogen (secondary N) is 1. The molecule has 0 aliphatic heterocycles. The summed E-state index contributed by atoms with van der Waals surface area (Å²) in [4.78, 5) is 24.1. The summed E-state index contributed by atoms with van der Waals surface area (Å²) in [7, 11) is 0. The Bertz CT molecular complexity index is 869. The van der Waals surface area contributed by atoms with Crippen molar-refractivity contribution in [1.29, 1.82) is 0 Å². The Labute approximate surface area is 133 Å². The minimum atomic E-state index is -0.642. The van der Waals surface area contributed by atoms with Crippen LogP contribution in [0, 0.1) is 3.57 Å². The summed E-state index contributed by atoms with van der Waals surface area (Å²) < 4.78 is 6.22. The highest BCUT2D eigenvalue weighted by Crippen LogP contribution is 2.15. The molecular weight excluding hydrogens is 381 g/mol. The van der Waals surface area contributed by atoms with Gasteiger partial charge in [-0.3, -0.25) is 4.79 Å². The Morgan fingerprint density at radius 2 is 1.76 bits per heavy atom. The maximum Gasteiger partial charge on any atom is 0.349 e. The van der Waals surface area contributed by atoms with E-state index < -0.39 is 11.5 Å². The monoisotopic (exact) mass is 391 g/mol. The fraction of sp³-hybridized carbons (Fsp3) is 0. The van der Waals surface area contributed by atoms with Crippen LogP contribution in [0.1, 0.15) is 10.4 Å². The predicted octanol–water partition coefficient (Wildman–Crippen LogP) is 3.65. The molecule has 0 saturated carbocycles. The van der Waals surface area contributed by atoms with Gasteiger partial charge in [-0.15, -0.1) is 0 Å². The summed E-state index contributed by atoms with van der Waals surface area (Å²) >= 11 is 2.18. The number of amides is 1. The maximum atomic E-state index is 12.2. The number of hydrogen-bond donors (Lipinski definition) is 1. The highest BCUT2D eigenvalue weighted by molar-refractivity contribution is 14.1. The first-order valence-electron chi connectivity index (χ1n) is 6.23. The molecule has 0 radical (unpaired) electrons. The zero-order valence-electron chi connectivity index (χ0n) is 10.8. The Morgan fingerprint density at radius 3 is 2.52 bits per heavy atom. The number of halogens is 1. The van der Waals surface area contributed by atoms with Gasteiger partial charge in [0.2, 0.25) is 0 Å². The summed E-state index contributed by atoms with van der Waals surface area (Å²) in [6.07, 6.45) is 0. The van der Waals surface area contributed by atoms with Crippen LogP contribution in [-0.4, -0.2) is 5.91 Å². The van der Waals surface area contributed by atoms with Gasteiger partial charge in [0, 0.05) is 14.6 Å². The third kappa shape index (κ3) is 2.97. The van der Waals surface area contributed by atoms with Gasteiger partial charge in [0.05, 0.1) is 0 Å². The van der Waals surface area contributed by atoms with Crippen molar-refractivity contribution in [3.8, 4) is 0 Å². The second kappa shape index (κ2) is 5.69. The van der Waals surface area contributed by atoms with E-state index in [1.54, 1.807) is 36.4 Å². The number of para-hydroxylation sites is 1. The van der Waals surface area contributed by atoms with E-state index in [0.717, 1.165) is 3.57 Å². The molecule has 104 valence electrons. The van der Waals surface area contributed by atoms with Crippen molar-refractivity contribution < 1.29 is 9.21 Å². The van der Waals surface area contributed by atoms with Crippen molar-refractivity contribution in [2.45, 2.75) is 0 Å². The van der Waals surface area contributed by atoms with E-state index >= 15 is 0 Å². The minimum Gasteiger partial charge on any atom is -0.422 e. The highest BCUT2D eigenvalue weighted by atomic mass is 127. The summed E-state index contributed by atoms with van der Waals surface area (Å²) in [6.45, 7) is 0. The zero-order valence-corrected chi connectivity index (χ0v) is 13.0. The molecule has 0 atom stereocenters. The lowest BCUT2D eigenvalue weighted by molar-refractivity contribution is 0.102. The van der Waals surface area contributed by atoms with Crippen LogP contribution in [0.25, 0.3) is 11.0 Å². The second-order valence-corrected chi connectivity index (χ2v) is 5.69. The van der Waals surface area contributed by atoms with Crippen LogP contribution in [0.15, 0.2) is 63.8 Å². The van der Waals surface area contributed by atoms with Crippen molar-refractivity contribution in [3.63, 3.8) is 0 Å². The molecule has 3 rings (SSSR count). The Morgan fingerprint density at radius 1 is 1.05 bits per heavy atom. The molecule has 21 heavy (non-hydrogen) atoms. The number of benzene rings is 2. The number of anilines is 1. The van der Waals surface area contributed by atoms with Gasteiger partial charge in [-0.1, -0.05) is 18.2 Å². The minimum absolute atomic E-state index is 0.00718. The van der Waals surface area contributed by atoms with Crippen molar-refractivity contribution in [2.75, 3.05) is 5.32 Å². The Balaban J connectivity index is 1.95. The van der Waals surface area contributed by atoms with E-state index in [-0.39, 0.29) is 5.56 Å². The lowest BCUT2D eigenvalue weighted by Gasteiger charge is -2.05. The molecule has 3 aromatic rings. The molecule has 0 aliphatic carbocycles. The Hall–Kier alpha value is -2.15. The van der Waals surface area contributed by atoms with Gasteiger partial charge in [0.15, 0.2) is 0 Å². The fourth-order valence-corrected chi connectivity index (χ4v) is 2.31. The number of fused-ring (bicyclic) bond motifs is 1. The summed E-state index contributed by atoms with van der Waals surface area (Å²) in [5.74, 6) is -0.476. The molecule has 0 spiro atoms. The molecule has 0 saturated heterocycles. The van der Waals surface area contributed by atoms with Crippen LogP contribution in [0.5, 0.6) is 0 Å². The third-order valence-corrected chi connectivity index (χ3v) is 3.71. The molecule has 0 unspecified atom stereocenters. The van der Waals surface area contributed by atoms with Gasteiger partial charge in [0.1, 0.15) is 11.1 Å². The van der Waals surface area contributed by atoms with E-state index in [9.17, 15) is 9.59 Å². The number of carbonyl (C=O) groups excluding carboxylic acids is 1. The first kappa shape index (κ1) is 13.8. The number of hydrogen-bond acceptors (Lipinski definition) is 3. The van der Waals surface area contributed by atoms with Crippen LogP contribution in [0.4, 0.5) is 5.69 Å². The molecule has 4 nitrogen and oxygen atoms in total. The van der Waals surface area contributed by atoms with E-state index in [2.05, 4.69) is 27.9 Å². The van der Waals surface area contributed by atoms with Crippen LogP contribution in [-0.2, 0) is 0 Å². The van der Waals surface area contributed by atoms with Crippen LogP contribution in [0.2, 0.25) is 0 Å². The summed E-state index contributed by atoms with van der Waals surface area (Å²) in [5.41, 5.74) is 0.449. The molecule has 2 aromatic carbocycles. The first-order chi connectivity index (χ1) is 10.1. The zero-order chi connectivity index (χ0) is 14.8. The van der Waals surface area contributed by atoms with Crippen LogP contribution in [0.3, 0.4) is 0 Å². The largest absolute Gasteiger partial charge is 0.422 e. The van der Waals surface area contributed by atoms with Crippen molar-refractivity contribution in [2.24, 2.45) is 0 Å². The summed E-state index contributed by atoms with van der Waals surface area (Å²) in [6, 6.07) is 15.9. The molecule has 1 aromatic heterocycles. The molecular formula is C16H10INO3. The first-order valence-corrected chi connectivity index (χ1v) is 7.31. The van der Waals surface area contributed by atoms with E-state index in [1.807, 2.05) is 18.2 Å². The predicted molar refractivity (Wildman–Crippen MR) is 89.6 cm³/mol. The third-order valence-electron chi connectivity index (χ3n) is 2.99. The van der Waals surface area contributed by atoms with Crippen molar-refractivity contribution in [3.05, 3.63) is 74.2 Å². The van der Waals surface area contributed by atoms with E-state index in [0.29, 0.717) is 16.7 Å². The van der Waals surface area contributed by atoms with Gasteiger partial charge in [0.25, 0.3) is 5.91 Å². The molecule has 0 bridgehead atoms. The Kier molecular flexibility index (Phi) is 3.74. The van der Waals surface area contributed by atoms with Crippen molar-refractivity contribution in [1.82, 2.24) is 0 Å². The average molecular weight is 391 g/mol. The molecule has 0 aliphatic rings. The molecule has 0 fully saturated rings. The average Bonchev–Trinajstić information content (AvgIpc) is 2.49. The fourth-order valence-electron chi connectivity index (χ4n) is 1.95. The second-order valence-electron chi connectivity index (χ2n) is 4.45. The topological polar surface area (TPSA) is 59.3 Å². The quantitative estimate of drug-likeness (QED) is 0.536. The normalized spacial score (nSPS) is 10.5. The lowest BCUT2D eigenvalue weighted by Crippen LogP contribution is -2.20. The number of carbonyl (C=O) groups is 1. The number of rotatable bonds is 2. The van der Waals surface area contributed by atoms with Crippen LogP contribution >= 0.6 is 22.6 Å². The standard InChI is InChI=1S/C16H10INO3/c17-11-5-7-12(8-6-11)18-15(19)13-9-10-3-1-2-4-14(10)21-16(13)20/h1-9H,(H,18,19). The maximum absolute atomic E-state index is 12.2. The van der Waals surface area contributed by atoms with Crippen molar-refractivity contribution >= 4 is 45.2 Å². The summed E-state index contributed by atoms with van der Waals surface area (Å²) in [5, 5.41) is 3.40. The van der Waals surface area contributed by atoms with E-state index in [1.165, 1.54) is 0 Å². The van der Waals surface area contributed by atoms with Gasteiger partial charge in [-0.25, -0.2) is 4.79 Å². The molecule has 1 amide bonds.